The third-order valence-corrected chi connectivity index (χ3v) is 1.77. The Hall–Kier alpha value is -1.02. The van der Waals surface area contributed by atoms with Gasteiger partial charge in [-0.25, -0.2) is 0 Å². The highest BCUT2D eigenvalue weighted by Crippen LogP contribution is 2.36. The van der Waals surface area contributed by atoms with E-state index in [1.807, 2.05) is 13.0 Å². The van der Waals surface area contributed by atoms with Crippen molar-refractivity contribution in [3.63, 3.8) is 0 Å². The van der Waals surface area contributed by atoms with E-state index in [-0.39, 0.29) is 6.15 Å². The minimum atomic E-state index is 0. The van der Waals surface area contributed by atoms with Gasteiger partial charge in [-0.1, -0.05) is 12.1 Å². The molecule has 1 aliphatic rings. The highest BCUT2D eigenvalue weighted by Gasteiger charge is 2.20. The Morgan fingerprint density at radius 3 is 3.00 bits per heavy atom. The van der Waals surface area contributed by atoms with Crippen LogP contribution >= 0.6 is 0 Å². The lowest BCUT2D eigenvalue weighted by Crippen LogP contribution is -1.90. The molecule has 0 fully saturated rings. The van der Waals surface area contributed by atoms with Crippen molar-refractivity contribution in [3.8, 4) is 5.75 Å². The second kappa shape index (κ2) is 2.93. The highest BCUT2D eigenvalue weighted by molar-refractivity contribution is 5.54. The van der Waals surface area contributed by atoms with Gasteiger partial charge in [-0.3, -0.25) is 0 Å². The molecule has 0 spiro atoms. The Labute approximate surface area is 66.8 Å². The summed E-state index contributed by atoms with van der Waals surface area (Å²) in [6.07, 6.45) is 1.14. The van der Waals surface area contributed by atoms with E-state index in [4.69, 9.17) is 4.74 Å². The van der Waals surface area contributed by atoms with E-state index in [1.54, 1.807) is 0 Å². The van der Waals surface area contributed by atoms with Gasteiger partial charge >= 0.3 is 0 Å². The minimum absolute atomic E-state index is 0. The first-order chi connectivity index (χ1) is 4.92. The molecule has 0 radical (unpaired) electrons. The zero-order chi connectivity index (χ0) is 6.97. The average molecular weight is 151 g/mol. The van der Waals surface area contributed by atoms with Gasteiger partial charge in [0.1, 0.15) is 5.75 Å². The maximum absolute atomic E-state index is 5.39. The number of hydrogen-bond donors (Lipinski definition) is 1. The molecular weight excluding hydrogens is 138 g/mol. The third kappa shape index (κ3) is 1.35. The van der Waals surface area contributed by atoms with E-state index < -0.39 is 0 Å². The molecule has 0 heterocycles. The third-order valence-electron chi connectivity index (χ3n) is 1.77. The number of fused-ring (bicyclic) bond motifs is 1. The first-order valence-corrected chi connectivity index (χ1v) is 3.65. The Balaban J connectivity index is 0.000000605. The Morgan fingerprint density at radius 1 is 1.45 bits per heavy atom. The molecule has 0 unspecified atom stereocenters. The lowest BCUT2D eigenvalue weighted by molar-refractivity contribution is 0.339. The molecule has 60 valence electrons. The van der Waals surface area contributed by atoms with E-state index in [2.05, 4.69) is 12.1 Å². The van der Waals surface area contributed by atoms with Gasteiger partial charge in [0.25, 0.3) is 0 Å². The summed E-state index contributed by atoms with van der Waals surface area (Å²) in [6.45, 7) is 2.79. The van der Waals surface area contributed by atoms with Gasteiger partial charge < -0.3 is 10.9 Å². The average Bonchev–Trinajstić information content (AvgIpc) is 2.67. The SMILES string of the molecule is CCOc1cccc2c1C2.N. The van der Waals surface area contributed by atoms with Crippen molar-refractivity contribution in [1.29, 1.82) is 0 Å². The van der Waals surface area contributed by atoms with E-state index in [1.165, 1.54) is 11.1 Å². The predicted molar refractivity (Wildman–Crippen MR) is 45.4 cm³/mol. The summed E-state index contributed by atoms with van der Waals surface area (Å²) < 4.78 is 5.39. The molecule has 2 rings (SSSR count). The fourth-order valence-corrected chi connectivity index (χ4v) is 1.19. The van der Waals surface area contributed by atoms with E-state index in [9.17, 15) is 0 Å². The smallest absolute Gasteiger partial charge is 0.123 e. The summed E-state index contributed by atoms with van der Waals surface area (Å²) >= 11 is 0. The number of ether oxygens (including phenoxy) is 1. The summed E-state index contributed by atoms with van der Waals surface area (Å²) in [7, 11) is 0. The maximum atomic E-state index is 5.39. The normalized spacial score (nSPS) is 11.4. The number of rotatable bonds is 2. The molecule has 1 aromatic rings. The van der Waals surface area contributed by atoms with Gasteiger partial charge in [0.2, 0.25) is 0 Å². The van der Waals surface area contributed by atoms with Crippen LogP contribution < -0.4 is 10.9 Å². The van der Waals surface area contributed by atoms with Gasteiger partial charge in [0.15, 0.2) is 0 Å². The molecule has 0 aliphatic heterocycles. The second-order valence-electron chi connectivity index (χ2n) is 2.50. The van der Waals surface area contributed by atoms with Crippen molar-refractivity contribution in [2.45, 2.75) is 13.3 Å². The number of hydrogen-bond acceptors (Lipinski definition) is 2. The molecular formula is C9H13NO. The van der Waals surface area contributed by atoms with Crippen molar-refractivity contribution in [3.05, 3.63) is 29.3 Å². The molecule has 0 saturated heterocycles. The van der Waals surface area contributed by atoms with Crippen LogP contribution in [0.5, 0.6) is 5.75 Å². The second-order valence-corrected chi connectivity index (χ2v) is 2.50. The summed E-state index contributed by atoms with van der Waals surface area (Å²) in [5.41, 5.74) is 2.86. The Morgan fingerprint density at radius 2 is 2.27 bits per heavy atom. The van der Waals surface area contributed by atoms with Crippen LogP contribution in [-0.4, -0.2) is 6.61 Å². The maximum Gasteiger partial charge on any atom is 0.123 e. The van der Waals surface area contributed by atoms with Crippen LogP contribution in [0.1, 0.15) is 18.1 Å². The van der Waals surface area contributed by atoms with Crippen LogP contribution in [0.3, 0.4) is 0 Å². The van der Waals surface area contributed by atoms with Crippen LogP contribution in [0.25, 0.3) is 0 Å². The molecule has 3 N–H and O–H groups in total. The van der Waals surface area contributed by atoms with Crippen molar-refractivity contribution in [2.75, 3.05) is 6.61 Å². The zero-order valence-corrected chi connectivity index (χ0v) is 6.76. The van der Waals surface area contributed by atoms with Gasteiger partial charge in [-0.2, -0.15) is 0 Å². The number of benzene rings is 1. The molecule has 2 heteroatoms. The molecule has 0 saturated carbocycles. The molecule has 0 amide bonds. The lowest BCUT2D eigenvalue weighted by Gasteiger charge is -1.99. The summed E-state index contributed by atoms with van der Waals surface area (Å²) in [6, 6.07) is 6.24. The largest absolute Gasteiger partial charge is 0.494 e. The first kappa shape index (κ1) is 8.08. The Bertz CT molecular complexity index is 258. The quantitative estimate of drug-likeness (QED) is 0.714. The van der Waals surface area contributed by atoms with E-state index in [0.29, 0.717) is 0 Å². The van der Waals surface area contributed by atoms with Gasteiger partial charge in [0, 0.05) is 12.0 Å². The van der Waals surface area contributed by atoms with Crippen LogP contribution in [-0.2, 0) is 6.42 Å². The zero-order valence-electron chi connectivity index (χ0n) is 6.76. The van der Waals surface area contributed by atoms with Crippen LogP contribution in [0.2, 0.25) is 0 Å². The summed E-state index contributed by atoms with van der Waals surface area (Å²) in [5, 5.41) is 0. The topological polar surface area (TPSA) is 44.2 Å². The first-order valence-electron chi connectivity index (χ1n) is 3.65. The summed E-state index contributed by atoms with van der Waals surface area (Å²) in [5.74, 6) is 1.08. The van der Waals surface area contributed by atoms with Crippen LogP contribution in [0.15, 0.2) is 18.2 Å². The van der Waals surface area contributed by atoms with E-state index >= 15 is 0 Å². The predicted octanol–water partition coefficient (Wildman–Crippen LogP) is 2.15. The van der Waals surface area contributed by atoms with Gasteiger partial charge in [-0.05, 0) is 18.6 Å². The molecule has 0 aromatic heterocycles. The van der Waals surface area contributed by atoms with E-state index in [0.717, 1.165) is 18.8 Å². The highest BCUT2D eigenvalue weighted by atomic mass is 16.5. The standard InChI is InChI=1S/C9H10O.H3N/c1-2-10-9-5-3-4-7-6-8(7)9;/h3-5H,2,6H2,1H3;1H3. The fraction of sp³-hybridized carbons (Fsp3) is 0.333. The van der Waals surface area contributed by atoms with Crippen molar-refractivity contribution < 1.29 is 4.74 Å². The van der Waals surface area contributed by atoms with Crippen LogP contribution in [0.4, 0.5) is 0 Å². The molecule has 0 atom stereocenters. The molecule has 2 nitrogen and oxygen atoms in total. The fourth-order valence-electron chi connectivity index (χ4n) is 1.19. The minimum Gasteiger partial charge on any atom is -0.494 e. The molecule has 0 bridgehead atoms. The molecule has 1 aliphatic carbocycles. The van der Waals surface area contributed by atoms with Gasteiger partial charge in [0.05, 0.1) is 6.61 Å². The Kier molecular flexibility index (Phi) is 2.15. The molecule has 11 heavy (non-hydrogen) atoms. The van der Waals surface area contributed by atoms with Gasteiger partial charge in [-0.15, -0.1) is 0 Å². The van der Waals surface area contributed by atoms with Crippen LogP contribution in [0, 0.1) is 0 Å². The molecule has 1 aromatic carbocycles. The lowest BCUT2D eigenvalue weighted by atomic mass is 10.3. The van der Waals surface area contributed by atoms with Crippen molar-refractivity contribution in [1.82, 2.24) is 6.15 Å². The van der Waals surface area contributed by atoms with Crippen molar-refractivity contribution >= 4 is 0 Å². The van der Waals surface area contributed by atoms with Crippen molar-refractivity contribution in [2.24, 2.45) is 0 Å². The monoisotopic (exact) mass is 151 g/mol. The summed E-state index contributed by atoms with van der Waals surface area (Å²) in [4.78, 5) is 0.